The van der Waals surface area contributed by atoms with Gasteiger partial charge in [0.05, 0.1) is 18.3 Å². The van der Waals surface area contributed by atoms with E-state index in [0.717, 1.165) is 12.8 Å². The molecule has 1 aliphatic heterocycles. The molecule has 20 heavy (non-hydrogen) atoms. The van der Waals surface area contributed by atoms with Gasteiger partial charge < -0.3 is 19.5 Å². The lowest BCUT2D eigenvalue weighted by atomic mass is 9.94. The van der Waals surface area contributed by atoms with Crippen molar-refractivity contribution in [3.8, 4) is 11.5 Å². The molecular weight excluding hydrogens is 258 g/mol. The van der Waals surface area contributed by atoms with E-state index in [1.807, 2.05) is 6.92 Å². The van der Waals surface area contributed by atoms with E-state index in [9.17, 15) is 9.90 Å². The summed E-state index contributed by atoms with van der Waals surface area (Å²) in [6, 6.07) is 4.67. The van der Waals surface area contributed by atoms with Gasteiger partial charge in [-0.25, -0.2) is 0 Å². The molecule has 1 aromatic rings. The Hall–Kier alpha value is -1.75. The second kappa shape index (κ2) is 5.71. The summed E-state index contributed by atoms with van der Waals surface area (Å²) in [6.45, 7) is 3.20. The van der Waals surface area contributed by atoms with Gasteiger partial charge in [0.1, 0.15) is 11.5 Å². The number of rotatable bonds is 3. The van der Waals surface area contributed by atoms with Crippen molar-refractivity contribution < 1.29 is 19.4 Å². The van der Waals surface area contributed by atoms with E-state index in [4.69, 9.17) is 9.47 Å². The summed E-state index contributed by atoms with van der Waals surface area (Å²) >= 11 is 0. The molecule has 0 saturated carbocycles. The van der Waals surface area contributed by atoms with Crippen molar-refractivity contribution >= 4 is 5.91 Å². The lowest BCUT2D eigenvalue weighted by molar-refractivity contribution is -0.0440. The number of methoxy groups -OCH3 is 2. The third kappa shape index (κ3) is 2.88. The van der Waals surface area contributed by atoms with Crippen LogP contribution in [0.4, 0.5) is 0 Å². The number of hydrogen-bond acceptors (Lipinski definition) is 4. The van der Waals surface area contributed by atoms with Gasteiger partial charge in [0.2, 0.25) is 0 Å². The van der Waals surface area contributed by atoms with Gasteiger partial charge in [-0.1, -0.05) is 0 Å². The molecule has 0 aromatic heterocycles. The molecule has 110 valence electrons. The van der Waals surface area contributed by atoms with Crippen molar-refractivity contribution in [1.29, 1.82) is 0 Å². The number of carbonyl (C=O) groups is 1. The Balaban J connectivity index is 2.23. The fourth-order valence-electron chi connectivity index (χ4n) is 2.53. The Bertz CT molecular complexity index is 503. The normalized spacial score (nSPS) is 22.6. The molecule has 1 atom stereocenters. The smallest absolute Gasteiger partial charge is 0.257 e. The van der Waals surface area contributed by atoms with E-state index in [1.54, 1.807) is 24.1 Å². The summed E-state index contributed by atoms with van der Waals surface area (Å²) in [5, 5.41) is 9.88. The van der Waals surface area contributed by atoms with Crippen molar-refractivity contribution in [2.45, 2.75) is 25.4 Å². The number of phenols is 1. The predicted molar refractivity (Wildman–Crippen MR) is 75.2 cm³/mol. The molecule has 0 spiro atoms. The van der Waals surface area contributed by atoms with Crippen molar-refractivity contribution in [3.63, 3.8) is 0 Å². The predicted octanol–water partition coefficient (Wildman–Crippen LogP) is 2.04. The average Bonchev–Trinajstić information content (AvgIpc) is 2.47. The third-order valence-corrected chi connectivity index (χ3v) is 3.87. The van der Waals surface area contributed by atoms with Gasteiger partial charge in [0.25, 0.3) is 5.91 Å². The van der Waals surface area contributed by atoms with Gasteiger partial charge in [-0.3, -0.25) is 4.79 Å². The number of benzene rings is 1. The van der Waals surface area contributed by atoms with Crippen molar-refractivity contribution in [1.82, 2.24) is 4.90 Å². The number of ether oxygens (including phenoxy) is 2. The lowest BCUT2D eigenvalue weighted by Crippen LogP contribution is -2.49. The van der Waals surface area contributed by atoms with Crippen LogP contribution in [0.1, 0.15) is 30.1 Å². The Morgan fingerprint density at radius 3 is 2.80 bits per heavy atom. The van der Waals surface area contributed by atoms with E-state index in [-0.39, 0.29) is 22.8 Å². The zero-order valence-electron chi connectivity index (χ0n) is 12.2. The highest BCUT2D eigenvalue weighted by atomic mass is 16.5. The Morgan fingerprint density at radius 1 is 1.40 bits per heavy atom. The van der Waals surface area contributed by atoms with Crippen molar-refractivity contribution in [2.75, 3.05) is 27.3 Å². The lowest BCUT2D eigenvalue weighted by Gasteiger charge is -2.39. The van der Waals surface area contributed by atoms with Crippen molar-refractivity contribution in [2.24, 2.45) is 0 Å². The zero-order chi connectivity index (χ0) is 14.8. The van der Waals surface area contributed by atoms with Crippen LogP contribution in [0.5, 0.6) is 11.5 Å². The number of piperidine rings is 1. The number of likely N-dealkylation sites (tertiary alicyclic amines) is 1. The van der Waals surface area contributed by atoms with Crippen LogP contribution in [0.3, 0.4) is 0 Å². The minimum absolute atomic E-state index is 0.0273. The maximum Gasteiger partial charge on any atom is 0.257 e. The highest BCUT2D eigenvalue weighted by Crippen LogP contribution is 2.28. The molecule has 5 heteroatoms. The molecule has 1 unspecified atom stereocenters. The molecule has 1 heterocycles. The third-order valence-electron chi connectivity index (χ3n) is 3.87. The number of hydrogen-bond donors (Lipinski definition) is 1. The quantitative estimate of drug-likeness (QED) is 0.920. The second-order valence-electron chi connectivity index (χ2n) is 5.37. The second-order valence-corrected chi connectivity index (χ2v) is 5.37. The van der Waals surface area contributed by atoms with Gasteiger partial charge >= 0.3 is 0 Å². The molecule has 1 aliphatic rings. The van der Waals surface area contributed by atoms with E-state index in [1.165, 1.54) is 13.2 Å². The first-order valence-electron chi connectivity index (χ1n) is 6.70. The molecule has 2 rings (SSSR count). The van der Waals surface area contributed by atoms with Crippen LogP contribution >= 0.6 is 0 Å². The van der Waals surface area contributed by atoms with E-state index < -0.39 is 0 Å². The summed E-state index contributed by atoms with van der Waals surface area (Å²) in [5.41, 5.74) is -0.0488. The number of carbonyl (C=O) groups excluding carboxylic acids is 1. The SMILES string of the molecule is COc1ccc(O)c(C(=O)N2CCCC(C)(OC)C2)c1. The average molecular weight is 279 g/mol. The van der Waals surface area contributed by atoms with Crippen molar-refractivity contribution in [3.05, 3.63) is 23.8 Å². The van der Waals surface area contributed by atoms with E-state index >= 15 is 0 Å². The van der Waals surface area contributed by atoms with Crippen LogP contribution in [0, 0.1) is 0 Å². The number of phenolic OH excluding ortho intramolecular Hbond substituents is 1. The molecule has 1 fully saturated rings. The molecule has 1 N–H and O–H groups in total. The summed E-state index contributed by atoms with van der Waals surface area (Å²) in [6.07, 6.45) is 1.82. The first kappa shape index (κ1) is 14.7. The van der Waals surface area contributed by atoms with Crippen LogP contribution < -0.4 is 4.74 Å². The first-order chi connectivity index (χ1) is 9.49. The topological polar surface area (TPSA) is 59.0 Å². The van der Waals surface area contributed by atoms with Gasteiger partial charge in [-0.05, 0) is 38.0 Å². The van der Waals surface area contributed by atoms with Gasteiger partial charge in [0, 0.05) is 20.2 Å². The molecule has 5 nitrogen and oxygen atoms in total. The Morgan fingerprint density at radius 2 is 2.15 bits per heavy atom. The highest BCUT2D eigenvalue weighted by molar-refractivity contribution is 5.97. The molecule has 0 bridgehead atoms. The number of nitrogens with zero attached hydrogens (tertiary/aromatic N) is 1. The molecule has 1 saturated heterocycles. The highest BCUT2D eigenvalue weighted by Gasteiger charge is 2.34. The van der Waals surface area contributed by atoms with Crippen LogP contribution in [0.2, 0.25) is 0 Å². The first-order valence-corrected chi connectivity index (χ1v) is 6.70. The Labute approximate surface area is 119 Å². The molecule has 1 aromatic carbocycles. The monoisotopic (exact) mass is 279 g/mol. The minimum atomic E-state index is -0.317. The van der Waals surface area contributed by atoms with Gasteiger partial charge in [-0.2, -0.15) is 0 Å². The molecular formula is C15H21NO4. The van der Waals surface area contributed by atoms with Crippen LogP contribution in [0.25, 0.3) is 0 Å². The largest absolute Gasteiger partial charge is 0.507 e. The number of amides is 1. The minimum Gasteiger partial charge on any atom is -0.507 e. The fourth-order valence-corrected chi connectivity index (χ4v) is 2.53. The van der Waals surface area contributed by atoms with Gasteiger partial charge in [0.15, 0.2) is 0 Å². The van der Waals surface area contributed by atoms with E-state index in [0.29, 0.717) is 18.8 Å². The fraction of sp³-hybridized carbons (Fsp3) is 0.533. The van der Waals surface area contributed by atoms with Crippen LogP contribution in [-0.2, 0) is 4.74 Å². The maximum atomic E-state index is 12.5. The maximum absolute atomic E-state index is 12.5. The Kier molecular flexibility index (Phi) is 4.18. The van der Waals surface area contributed by atoms with Gasteiger partial charge in [-0.15, -0.1) is 0 Å². The molecule has 0 radical (unpaired) electrons. The summed E-state index contributed by atoms with van der Waals surface area (Å²) < 4.78 is 10.6. The summed E-state index contributed by atoms with van der Waals surface area (Å²) in [7, 11) is 3.19. The zero-order valence-corrected chi connectivity index (χ0v) is 12.2. The summed E-state index contributed by atoms with van der Waals surface area (Å²) in [4.78, 5) is 14.3. The number of aromatic hydroxyl groups is 1. The van der Waals surface area contributed by atoms with E-state index in [2.05, 4.69) is 0 Å². The molecule has 1 amide bonds. The van der Waals surface area contributed by atoms with Crippen LogP contribution in [0.15, 0.2) is 18.2 Å². The standard InChI is InChI=1S/C15H21NO4/c1-15(20-3)7-4-8-16(10-15)14(18)12-9-11(19-2)5-6-13(12)17/h5-6,9,17H,4,7-8,10H2,1-3H3. The summed E-state index contributed by atoms with van der Waals surface area (Å²) in [5.74, 6) is 0.336. The van der Waals surface area contributed by atoms with Crippen LogP contribution in [-0.4, -0.2) is 48.8 Å². The molecule has 0 aliphatic carbocycles.